The molecule has 4 nitrogen and oxygen atoms in total. The van der Waals surface area contributed by atoms with Crippen LogP contribution in [0.1, 0.15) is 41.5 Å². The van der Waals surface area contributed by atoms with Gasteiger partial charge in [-0.2, -0.15) is 0 Å². The molecular formula is C12H17N3O. The number of fused-ring (bicyclic) bond motifs is 1. The molecule has 1 atom stereocenters. The van der Waals surface area contributed by atoms with E-state index in [0.717, 1.165) is 50.7 Å². The first-order valence-electron chi connectivity index (χ1n) is 5.99. The first-order chi connectivity index (χ1) is 7.84. The Hall–Kier alpha value is -1.00. The standard InChI is InChI=1S/C12H17N3O/c1-8-10-5-13-6-11(10)15-12(14-8)9-3-2-4-16-7-9/h9,13H,2-7H2,1H3. The van der Waals surface area contributed by atoms with E-state index in [-0.39, 0.29) is 0 Å². The molecule has 3 rings (SSSR count). The third kappa shape index (κ3) is 1.72. The number of ether oxygens (including phenoxy) is 1. The summed E-state index contributed by atoms with van der Waals surface area (Å²) >= 11 is 0. The summed E-state index contributed by atoms with van der Waals surface area (Å²) in [6.07, 6.45) is 2.29. The molecule has 0 spiro atoms. The van der Waals surface area contributed by atoms with Gasteiger partial charge in [-0.05, 0) is 19.8 Å². The van der Waals surface area contributed by atoms with Crippen molar-refractivity contribution in [3.63, 3.8) is 0 Å². The second-order valence-electron chi connectivity index (χ2n) is 4.61. The smallest absolute Gasteiger partial charge is 0.134 e. The van der Waals surface area contributed by atoms with E-state index >= 15 is 0 Å². The van der Waals surface area contributed by atoms with Crippen LogP contribution in [0.25, 0.3) is 0 Å². The van der Waals surface area contributed by atoms with Crippen LogP contribution in [0.2, 0.25) is 0 Å². The Labute approximate surface area is 95.4 Å². The van der Waals surface area contributed by atoms with Crippen molar-refractivity contribution in [3.8, 4) is 0 Å². The van der Waals surface area contributed by atoms with Crippen molar-refractivity contribution in [2.75, 3.05) is 13.2 Å². The van der Waals surface area contributed by atoms with Gasteiger partial charge in [0, 0.05) is 36.9 Å². The van der Waals surface area contributed by atoms with Crippen LogP contribution < -0.4 is 5.32 Å². The Morgan fingerprint density at radius 3 is 3.06 bits per heavy atom. The maximum Gasteiger partial charge on any atom is 0.134 e. The van der Waals surface area contributed by atoms with Gasteiger partial charge in [-0.1, -0.05) is 0 Å². The fourth-order valence-electron chi connectivity index (χ4n) is 2.49. The molecule has 0 saturated carbocycles. The molecule has 1 fully saturated rings. The highest BCUT2D eigenvalue weighted by Crippen LogP contribution is 2.25. The van der Waals surface area contributed by atoms with E-state index in [4.69, 9.17) is 4.74 Å². The predicted molar refractivity (Wildman–Crippen MR) is 60.1 cm³/mol. The van der Waals surface area contributed by atoms with Crippen LogP contribution in [-0.4, -0.2) is 23.2 Å². The molecule has 0 aliphatic carbocycles. The van der Waals surface area contributed by atoms with E-state index in [1.165, 1.54) is 11.3 Å². The average molecular weight is 219 g/mol. The molecule has 0 radical (unpaired) electrons. The average Bonchev–Trinajstić information content (AvgIpc) is 2.79. The largest absolute Gasteiger partial charge is 0.381 e. The fourth-order valence-corrected chi connectivity index (χ4v) is 2.49. The Morgan fingerprint density at radius 2 is 2.25 bits per heavy atom. The van der Waals surface area contributed by atoms with Crippen molar-refractivity contribution in [2.24, 2.45) is 0 Å². The quantitative estimate of drug-likeness (QED) is 0.773. The van der Waals surface area contributed by atoms with Crippen LogP contribution in [0.3, 0.4) is 0 Å². The van der Waals surface area contributed by atoms with E-state index in [0.29, 0.717) is 5.92 Å². The van der Waals surface area contributed by atoms with Crippen LogP contribution >= 0.6 is 0 Å². The maximum atomic E-state index is 5.50. The molecule has 0 bridgehead atoms. The second-order valence-corrected chi connectivity index (χ2v) is 4.61. The molecule has 0 aromatic carbocycles. The Morgan fingerprint density at radius 1 is 1.31 bits per heavy atom. The molecule has 2 aliphatic rings. The van der Waals surface area contributed by atoms with Crippen LogP contribution in [-0.2, 0) is 17.8 Å². The lowest BCUT2D eigenvalue weighted by atomic mass is 10.0. The molecular weight excluding hydrogens is 202 g/mol. The van der Waals surface area contributed by atoms with Gasteiger partial charge in [0.2, 0.25) is 0 Å². The van der Waals surface area contributed by atoms with Crippen molar-refractivity contribution in [2.45, 2.75) is 38.8 Å². The summed E-state index contributed by atoms with van der Waals surface area (Å²) < 4.78 is 5.50. The number of nitrogens with zero attached hydrogens (tertiary/aromatic N) is 2. The minimum absolute atomic E-state index is 0.401. The minimum Gasteiger partial charge on any atom is -0.381 e. The van der Waals surface area contributed by atoms with Crippen LogP contribution in [0.4, 0.5) is 0 Å². The monoisotopic (exact) mass is 219 g/mol. The molecule has 1 aromatic heterocycles. The Bertz CT molecular complexity index is 399. The van der Waals surface area contributed by atoms with E-state index in [9.17, 15) is 0 Å². The highest BCUT2D eigenvalue weighted by atomic mass is 16.5. The summed E-state index contributed by atoms with van der Waals surface area (Å²) in [5.41, 5.74) is 3.61. The molecule has 4 heteroatoms. The fraction of sp³-hybridized carbons (Fsp3) is 0.667. The number of hydrogen-bond donors (Lipinski definition) is 1. The van der Waals surface area contributed by atoms with Gasteiger partial charge < -0.3 is 10.1 Å². The lowest BCUT2D eigenvalue weighted by Gasteiger charge is -2.21. The van der Waals surface area contributed by atoms with Gasteiger partial charge in [0.05, 0.1) is 12.3 Å². The highest BCUT2D eigenvalue weighted by molar-refractivity contribution is 5.29. The first-order valence-corrected chi connectivity index (χ1v) is 5.99. The molecule has 2 aliphatic heterocycles. The normalized spacial score (nSPS) is 24.4. The molecule has 86 valence electrons. The first kappa shape index (κ1) is 10.2. The molecule has 1 unspecified atom stereocenters. The van der Waals surface area contributed by atoms with Gasteiger partial charge >= 0.3 is 0 Å². The van der Waals surface area contributed by atoms with Gasteiger partial charge in [-0.25, -0.2) is 9.97 Å². The lowest BCUT2D eigenvalue weighted by Crippen LogP contribution is -2.19. The predicted octanol–water partition coefficient (Wildman–Crippen LogP) is 1.28. The molecule has 0 amide bonds. The molecule has 3 heterocycles. The SMILES string of the molecule is Cc1nc(C2CCCOC2)nc2c1CNC2. The minimum atomic E-state index is 0.401. The Balaban J connectivity index is 1.92. The van der Waals surface area contributed by atoms with Gasteiger partial charge in [0.25, 0.3) is 0 Å². The number of rotatable bonds is 1. The highest BCUT2D eigenvalue weighted by Gasteiger charge is 2.23. The van der Waals surface area contributed by atoms with Gasteiger partial charge in [-0.15, -0.1) is 0 Å². The summed E-state index contributed by atoms with van der Waals surface area (Å²) in [4.78, 5) is 9.32. The van der Waals surface area contributed by atoms with E-state index in [1.54, 1.807) is 0 Å². The molecule has 1 N–H and O–H groups in total. The van der Waals surface area contributed by atoms with Crippen LogP contribution in [0.15, 0.2) is 0 Å². The zero-order valence-electron chi connectivity index (χ0n) is 9.62. The van der Waals surface area contributed by atoms with E-state index < -0.39 is 0 Å². The topological polar surface area (TPSA) is 47.0 Å². The third-order valence-electron chi connectivity index (χ3n) is 3.44. The van der Waals surface area contributed by atoms with Crippen LogP contribution in [0.5, 0.6) is 0 Å². The van der Waals surface area contributed by atoms with Crippen molar-refractivity contribution < 1.29 is 4.74 Å². The second kappa shape index (κ2) is 4.11. The summed E-state index contributed by atoms with van der Waals surface area (Å²) in [5.74, 6) is 1.39. The molecule has 1 aromatic rings. The van der Waals surface area contributed by atoms with Gasteiger partial charge in [-0.3, -0.25) is 0 Å². The third-order valence-corrected chi connectivity index (χ3v) is 3.44. The summed E-state index contributed by atoms with van der Waals surface area (Å²) in [6.45, 7) is 5.57. The zero-order valence-corrected chi connectivity index (χ0v) is 9.62. The number of hydrogen-bond acceptors (Lipinski definition) is 4. The van der Waals surface area contributed by atoms with E-state index in [2.05, 4.69) is 22.2 Å². The molecule has 1 saturated heterocycles. The summed E-state index contributed by atoms with van der Waals surface area (Å²) in [7, 11) is 0. The van der Waals surface area contributed by atoms with Gasteiger partial charge in [0.15, 0.2) is 0 Å². The maximum absolute atomic E-state index is 5.50. The number of nitrogens with one attached hydrogen (secondary N) is 1. The van der Waals surface area contributed by atoms with E-state index in [1.807, 2.05) is 0 Å². The van der Waals surface area contributed by atoms with Crippen molar-refractivity contribution >= 4 is 0 Å². The van der Waals surface area contributed by atoms with Gasteiger partial charge in [0.1, 0.15) is 5.82 Å². The van der Waals surface area contributed by atoms with Crippen molar-refractivity contribution in [1.82, 2.24) is 15.3 Å². The number of aryl methyl sites for hydroxylation is 1. The molecule has 16 heavy (non-hydrogen) atoms. The van der Waals surface area contributed by atoms with Crippen molar-refractivity contribution in [3.05, 3.63) is 22.8 Å². The number of aromatic nitrogens is 2. The summed E-state index contributed by atoms with van der Waals surface area (Å²) in [6, 6.07) is 0. The lowest BCUT2D eigenvalue weighted by molar-refractivity contribution is 0.0779. The van der Waals surface area contributed by atoms with Crippen LogP contribution in [0, 0.1) is 6.92 Å². The summed E-state index contributed by atoms with van der Waals surface area (Å²) in [5, 5.41) is 3.32. The zero-order chi connectivity index (χ0) is 11.0. The Kier molecular flexibility index (Phi) is 2.61. The van der Waals surface area contributed by atoms with Crippen molar-refractivity contribution in [1.29, 1.82) is 0 Å².